The van der Waals surface area contributed by atoms with Crippen LogP contribution >= 0.6 is 0 Å². The van der Waals surface area contributed by atoms with Crippen molar-refractivity contribution in [1.82, 2.24) is 19.7 Å². The molecule has 0 saturated carbocycles. The minimum Gasteiger partial charge on any atom is -0.325 e. The predicted octanol–water partition coefficient (Wildman–Crippen LogP) is 5.47. The van der Waals surface area contributed by atoms with Crippen LogP contribution in [0.2, 0.25) is 0 Å². The second-order valence-electron chi connectivity index (χ2n) is 8.43. The van der Waals surface area contributed by atoms with E-state index >= 15 is 0 Å². The van der Waals surface area contributed by atoms with Gasteiger partial charge in [-0.1, -0.05) is 49.1 Å². The molecule has 1 aliphatic rings. The average molecular weight is 449 g/mol. The smallest absolute Gasteiger partial charge is 0.174 e. The quantitative estimate of drug-likeness (QED) is 0.351. The molecular formula is C28H28N6. The monoisotopic (exact) mass is 448 g/mol. The second kappa shape index (κ2) is 8.63. The molecule has 4 aromatic rings. The van der Waals surface area contributed by atoms with Gasteiger partial charge in [0.15, 0.2) is 11.6 Å². The molecule has 6 heteroatoms. The molecule has 0 bridgehead atoms. The van der Waals surface area contributed by atoms with Crippen molar-refractivity contribution < 1.29 is 0 Å². The Bertz CT molecular complexity index is 1340. The summed E-state index contributed by atoms with van der Waals surface area (Å²) in [4.78, 5) is 14.4. The van der Waals surface area contributed by atoms with Gasteiger partial charge >= 0.3 is 0 Å². The van der Waals surface area contributed by atoms with Gasteiger partial charge in [0.2, 0.25) is 0 Å². The second-order valence-corrected chi connectivity index (χ2v) is 8.43. The highest BCUT2D eigenvalue weighted by Crippen LogP contribution is 2.43. The fourth-order valence-corrected chi connectivity index (χ4v) is 4.85. The molecule has 0 N–H and O–H groups in total. The highest BCUT2D eigenvalue weighted by Gasteiger charge is 2.40. The van der Waals surface area contributed by atoms with Crippen LogP contribution in [0.5, 0.6) is 0 Å². The van der Waals surface area contributed by atoms with Crippen LogP contribution in [0.1, 0.15) is 17.0 Å². The van der Waals surface area contributed by atoms with E-state index in [2.05, 4.69) is 48.6 Å². The lowest BCUT2D eigenvalue weighted by Gasteiger charge is -2.32. The fourth-order valence-electron chi connectivity index (χ4n) is 4.85. The largest absolute Gasteiger partial charge is 0.325 e. The molecule has 170 valence electrons. The Balaban J connectivity index is 1.65. The van der Waals surface area contributed by atoms with E-state index in [0.717, 1.165) is 50.9 Å². The molecule has 2 aromatic carbocycles. The number of rotatable bonds is 7. The third kappa shape index (κ3) is 3.39. The van der Waals surface area contributed by atoms with E-state index in [1.807, 2.05) is 66.2 Å². The first-order valence-electron chi connectivity index (χ1n) is 11.4. The molecule has 0 radical (unpaired) electrons. The minimum atomic E-state index is -0.186. The van der Waals surface area contributed by atoms with E-state index in [4.69, 9.17) is 15.1 Å². The van der Waals surface area contributed by atoms with Gasteiger partial charge in [-0.05, 0) is 43.7 Å². The molecule has 5 rings (SSSR count). The molecule has 0 unspecified atom stereocenters. The van der Waals surface area contributed by atoms with Gasteiger partial charge in [-0.3, -0.25) is 0 Å². The zero-order valence-corrected chi connectivity index (χ0v) is 19.6. The molecule has 0 spiro atoms. The van der Waals surface area contributed by atoms with Crippen molar-refractivity contribution in [3.8, 4) is 5.69 Å². The van der Waals surface area contributed by atoms with E-state index < -0.39 is 0 Å². The lowest BCUT2D eigenvalue weighted by atomic mass is 10.0. The number of fused-ring (bicyclic) bond motifs is 2. The van der Waals surface area contributed by atoms with Gasteiger partial charge in [0, 0.05) is 24.3 Å². The van der Waals surface area contributed by atoms with E-state index in [1.54, 1.807) is 0 Å². The Morgan fingerprint density at radius 1 is 0.853 bits per heavy atom. The van der Waals surface area contributed by atoms with E-state index in [-0.39, 0.29) is 6.17 Å². The van der Waals surface area contributed by atoms with Crippen LogP contribution in [0.25, 0.3) is 22.3 Å². The van der Waals surface area contributed by atoms with E-state index in [9.17, 15) is 0 Å². The van der Waals surface area contributed by atoms with Gasteiger partial charge in [-0.15, -0.1) is 13.2 Å². The van der Waals surface area contributed by atoms with Crippen molar-refractivity contribution in [3.63, 3.8) is 0 Å². The number of anilines is 2. The lowest BCUT2D eigenvalue weighted by molar-refractivity contribution is 0.730. The molecule has 0 atom stereocenters. The topological polar surface area (TPSA) is 50.1 Å². The SMILES string of the molecule is C=CCN1c2nc3ccccc3nc2N(CC=C)C1C(=C)c1c(C)nn(-c2ccccc2)c1C. The standard InChI is InChI=1S/C28H28N6/c1-6-17-32-26-27(30-24-16-12-11-15-23(24)29-26)33(18-7-2)28(32)19(3)25-20(4)31-34(21(25)5)22-13-9-8-10-14-22/h6-16,28H,1-3,17-18H2,4-5H3. The van der Waals surface area contributed by atoms with Crippen LogP contribution in [0.4, 0.5) is 11.6 Å². The van der Waals surface area contributed by atoms with Gasteiger partial charge in [-0.25, -0.2) is 14.6 Å². The molecule has 34 heavy (non-hydrogen) atoms. The highest BCUT2D eigenvalue weighted by molar-refractivity contribution is 5.88. The zero-order valence-electron chi connectivity index (χ0n) is 19.6. The molecule has 1 aliphatic heterocycles. The highest BCUT2D eigenvalue weighted by atomic mass is 15.5. The number of benzene rings is 2. The normalized spacial score (nSPS) is 13.4. The summed E-state index contributed by atoms with van der Waals surface area (Å²) >= 11 is 0. The van der Waals surface area contributed by atoms with Crippen LogP contribution in [0.3, 0.4) is 0 Å². The van der Waals surface area contributed by atoms with Crippen molar-refractivity contribution in [2.24, 2.45) is 0 Å². The van der Waals surface area contributed by atoms with Gasteiger partial charge in [-0.2, -0.15) is 5.10 Å². The van der Waals surface area contributed by atoms with Crippen molar-refractivity contribution in [2.75, 3.05) is 22.9 Å². The van der Waals surface area contributed by atoms with Crippen LogP contribution in [0.15, 0.2) is 86.5 Å². The van der Waals surface area contributed by atoms with Crippen molar-refractivity contribution in [2.45, 2.75) is 20.0 Å². The molecule has 0 amide bonds. The fraction of sp³-hybridized carbons (Fsp3) is 0.179. The molecule has 0 fully saturated rings. The summed E-state index contributed by atoms with van der Waals surface area (Å²) < 4.78 is 1.98. The number of hydrogen-bond donors (Lipinski definition) is 0. The summed E-state index contributed by atoms with van der Waals surface area (Å²) in [7, 11) is 0. The maximum atomic E-state index is 4.99. The van der Waals surface area contributed by atoms with Gasteiger partial charge in [0.05, 0.1) is 22.4 Å². The van der Waals surface area contributed by atoms with E-state index in [0.29, 0.717) is 13.1 Å². The first-order valence-corrected chi connectivity index (χ1v) is 11.4. The first-order chi connectivity index (χ1) is 16.5. The first kappa shape index (κ1) is 21.6. The Morgan fingerprint density at radius 2 is 1.38 bits per heavy atom. The minimum absolute atomic E-state index is 0.186. The number of aromatic nitrogens is 4. The van der Waals surface area contributed by atoms with Crippen LogP contribution in [-0.4, -0.2) is 39.0 Å². The molecule has 3 heterocycles. The van der Waals surface area contributed by atoms with Gasteiger partial charge < -0.3 is 9.80 Å². The third-order valence-corrected chi connectivity index (χ3v) is 6.25. The lowest BCUT2D eigenvalue weighted by Crippen LogP contribution is -2.44. The summed E-state index contributed by atoms with van der Waals surface area (Å²) in [6.45, 7) is 18.0. The summed E-state index contributed by atoms with van der Waals surface area (Å²) in [5.41, 5.74) is 6.74. The maximum Gasteiger partial charge on any atom is 0.174 e. The number of nitrogens with zero attached hydrogens (tertiary/aromatic N) is 6. The maximum absolute atomic E-state index is 4.99. The number of aryl methyl sites for hydroxylation is 1. The molecule has 6 nitrogen and oxygen atoms in total. The molecule has 0 saturated heterocycles. The van der Waals surface area contributed by atoms with Crippen molar-refractivity contribution in [3.05, 3.63) is 103 Å². The van der Waals surface area contributed by atoms with E-state index in [1.165, 1.54) is 0 Å². The Labute approximate surface area is 200 Å². The molecule has 2 aromatic heterocycles. The third-order valence-electron chi connectivity index (χ3n) is 6.25. The zero-order chi connectivity index (χ0) is 23.8. The summed E-state index contributed by atoms with van der Waals surface area (Å²) in [6, 6.07) is 18.1. The van der Waals surface area contributed by atoms with Crippen molar-refractivity contribution in [1.29, 1.82) is 0 Å². The Morgan fingerprint density at radius 3 is 1.91 bits per heavy atom. The summed E-state index contributed by atoms with van der Waals surface area (Å²) in [5.74, 6) is 1.66. The summed E-state index contributed by atoms with van der Waals surface area (Å²) in [6.07, 6.45) is 3.60. The number of para-hydroxylation sites is 3. The molecular weight excluding hydrogens is 420 g/mol. The van der Waals surface area contributed by atoms with Crippen LogP contribution in [0, 0.1) is 13.8 Å². The van der Waals surface area contributed by atoms with Crippen LogP contribution < -0.4 is 9.80 Å². The van der Waals surface area contributed by atoms with Crippen LogP contribution in [-0.2, 0) is 0 Å². The van der Waals surface area contributed by atoms with Crippen molar-refractivity contribution >= 4 is 28.2 Å². The Kier molecular flexibility index (Phi) is 5.49. The average Bonchev–Trinajstić information content (AvgIpc) is 3.31. The Hall–Kier alpha value is -4.19. The number of hydrogen-bond acceptors (Lipinski definition) is 5. The predicted molar refractivity (Wildman–Crippen MR) is 140 cm³/mol. The van der Waals surface area contributed by atoms with Gasteiger partial charge in [0.1, 0.15) is 6.17 Å². The summed E-state index contributed by atoms with van der Waals surface area (Å²) in [5, 5.41) is 4.86. The molecule has 0 aliphatic carbocycles. The van der Waals surface area contributed by atoms with Gasteiger partial charge in [0.25, 0.3) is 0 Å².